The van der Waals surface area contributed by atoms with Gasteiger partial charge >= 0.3 is 0 Å². The van der Waals surface area contributed by atoms with E-state index in [2.05, 4.69) is 43.5 Å². The SMILES string of the molecule is CC(c1ccc(C(=O)NCCS(=O)(=O)O)cc1)C(C(=O)Nc1ccc(-c2cc3ccccc3o2)cc1)c1ccc(C(C)(C)C)cc1. The van der Waals surface area contributed by atoms with Crippen molar-refractivity contribution in [3.8, 4) is 11.3 Å². The minimum Gasteiger partial charge on any atom is -0.456 e. The quantitative estimate of drug-likeness (QED) is 0.136. The van der Waals surface area contributed by atoms with Gasteiger partial charge in [-0.1, -0.05) is 82.3 Å². The van der Waals surface area contributed by atoms with Crippen LogP contribution < -0.4 is 10.6 Å². The molecule has 0 aliphatic carbocycles. The molecule has 2 amide bonds. The first-order valence-corrected chi connectivity index (χ1v) is 16.7. The van der Waals surface area contributed by atoms with E-state index in [1.165, 1.54) is 0 Å². The number of rotatable bonds is 10. The van der Waals surface area contributed by atoms with Crippen molar-refractivity contribution in [2.75, 3.05) is 17.6 Å². The lowest BCUT2D eigenvalue weighted by Gasteiger charge is -2.26. The zero-order valence-electron chi connectivity index (χ0n) is 26.3. The van der Waals surface area contributed by atoms with E-state index in [4.69, 9.17) is 8.97 Å². The van der Waals surface area contributed by atoms with Crippen LogP contribution in [0.5, 0.6) is 0 Å². The normalized spacial score (nSPS) is 13.2. The van der Waals surface area contributed by atoms with Crippen molar-refractivity contribution in [3.63, 3.8) is 0 Å². The lowest BCUT2D eigenvalue weighted by atomic mass is 9.80. The predicted molar refractivity (Wildman–Crippen MR) is 182 cm³/mol. The van der Waals surface area contributed by atoms with Gasteiger partial charge in [0.1, 0.15) is 11.3 Å². The van der Waals surface area contributed by atoms with Crippen molar-refractivity contribution in [2.45, 2.75) is 44.9 Å². The number of benzene rings is 4. The Bertz CT molecular complexity index is 1910. The lowest BCUT2D eigenvalue weighted by Crippen LogP contribution is -2.29. The molecule has 0 bridgehead atoms. The topological polar surface area (TPSA) is 126 Å². The second kappa shape index (κ2) is 13.3. The fraction of sp³-hybridized carbons (Fsp3) is 0.243. The zero-order valence-corrected chi connectivity index (χ0v) is 27.1. The summed E-state index contributed by atoms with van der Waals surface area (Å²) in [5, 5.41) is 6.61. The van der Waals surface area contributed by atoms with Crippen LogP contribution in [0.2, 0.25) is 0 Å². The van der Waals surface area contributed by atoms with Gasteiger partial charge in [0.2, 0.25) is 5.91 Å². The fourth-order valence-corrected chi connectivity index (χ4v) is 5.81. The number of carbonyl (C=O) groups excluding carboxylic acids is 2. The van der Waals surface area contributed by atoms with Gasteiger partial charge in [0.25, 0.3) is 16.0 Å². The average molecular weight is 639 g/mol. The third kappa shape index (κ3) is 7.91. The molecule has 0 radical (unpaired) electrons. The van der Waals surface area contributed by atoms with Gasteiger partial charge in [-0.25, -0.2) is 0 Å². The Kier molecular flexibility index (Phi) is 9.46. The molecule has 0 spiro atoms. The van der Waals surface area contributed by atoms with E-state index >= 15 is 0 Å². The largest absolute Gasteiger partial charge is 0.456 e. The summed E-state index contributed by atoms with van der Waals surface area (Å²) in [4.78, 5) is 26.5. The van der Waals surface area contributed by atoms with Gasteiger partial charge in [-0.15, -0.1) is 0 Å². The zero-order chi connectivity index (χ0) is 33.1. The van der Waals surface area contributed by atoms with Crippen LogP contribution in [0.15, 0.2) is 108 Å². The number of anilines is 1. The molecule has 3 N–H and O–H groups in total. The molecule has 4 aromatic carbocycles. The molecule has 0 aliphatic rings. The monoisotopic (exact) mass is 638 g/mol. The molecule has 5 rings (SSSR count). The third-order valence-corrected chi connectivity index (χ3v) is 8.85. The number of amides is 2. The molecule has 0 fully saturated rings. The molecular weight excluding hydrogens is 600 g/mol. The lowest BCUT2D eigenvalue weighted by molar-refractivity contribution is -0.118. The van der Waals surface area contributed by atoms with E-state index in [0.717, 1.165) is 39.0 Å². The number of fused-ring (bicyclic) bond motifs is 1. The van der Waals surface area contributed by atoms with E-state index in [-0.39, 0.29) is 23.8 Å². The van der Waals surface area contributed by atoms with Crippen LogP contribution in [0.4, 0.5) is 5.69 Å². The van der Waals surface area contributed by atoms with E-state index in [9.17, 15) is 18.0 Å². The van der Waals surface area contributed by atoms with Crippen LogP contribution in [0, 0.1) is 0 Å². The van der Waals surface area contributed by atoms with Crippen molar-refractivity contribution in [2.24, 2.45) is 0 Å². The Labute approximate surface area is 269 Å². The van der Waals surface area contributed by atoms with Crippen molar-refractivity contribution in [3.05, 3.63) is 125 Å². The minimum atomic E-state index is -4.17. The Morgan fingerprint density at radius 3 is 2.09 bits per heavy atom. The van der Waals surface area contributed by atoms with Crippen LogP contribution in [0.3, 0.4) is 0 Å². The predicted octanol–water partition coefficient (Wildman–Crippen LogP) is 7.54. The summed E-state index contributed by atoms with van der Waals surface area (Å²) in [6.45, 7) is 8.20. The standard InChI is InChI=1S/C37H38N2O6S/c1-24(25-9-11-28(12-10-25)35(40)38-21-22-46(42,43)44)34(27-13-17-30(18-14-27)37(2,3)4)36(41)39-31-19-15-26(16-20-31)33-23-29-7-5-6-8-32(29)45-33/h5-20,23-24,34H,21-22H2,1-4H3,(H,38,40)(H,39,41)(H,42,43,44). The first-order chi connectivity index (χ1) is 21.8. The van der Waals surface area contributed by atoms with E-state index in [0.29, 0.717) is 11.3 Å². The maximum atomic E-state index is 14.0. The molecule has 8 nitrogen and oxygen atoms in total. The maximum Gasteiger partial charge on any atom is 0.266 e. The molecule has 2 unspecified atom stereocenters. The van der Waals surface area contributed by atoms with Crippen LogP contribution in [0.25, 0.3) is 22.3 Å². The highest BCUT2D eigenvalue weighted by atomic mass is 32.2. The van der Waals surface area contributed by atoms with Gasteiger partial charge in [-0.2, -0.15) is 8.42 Å². The molecule has 46 heavy (non-hydrogen) atoms. The molecule has 0 saturated carbocycles. The average Bonchev–Trinajstić information content (AvgIpc) is 3.45. The van der Waals surface area contributed by atoms with Gasteiger partial charge in [-0.05, 0) is 76.6 Å². The van der Waals surface area contributed by atoms with Crippen molar-refractivity contribution in [1.82, 2.24) is 5.32 Å². The van der Waals surface area contributed by atoms with Gasteiger partial charge in [0, 0.05) is 28.7 Å². The van der Waals surface area contributed by atoms with Crippen LogP contribution in [0.1, 0.15) is 66.6 Å². The Morgan fingerprint density at radius 2 is 1.48 bits per heavy atom. The van der Waals surface area contributed by atoms with Crippen molar-refractivity contribution in [1.29, 1.82) is 0 Å². The fourth-order valence-electron chi connectivity index (χ4n) is 5.45. The summed E-state index contributed by atoms with van der Waals surface area (Å²) >= 11 is 0. The Balaban J connectivity index is 1.37. The first-order valence-electron chi connectivity index (χ1n) is 15.1. The maximum absolute atomic E-state index is 14.0. The van der Waals surface area contributed by atoms with Gasteiger partial charge < -0.3 is 15.1 Å². The summed E-state index contributed by atoms with van der Waals surface area (Å²) in [6, 6.07) is 32.4. The van der Waals surface area contributed by atoms with Crippen molar-refractivity contribution < 1.29 is 27.0 Å². The molecule has 0 aliphatic heterocycles. The third-order valence-electron chi connectivity index (χ3n) is 8.13. The van der Waals surface area contributed by atoms with Gasteiger partial charge in [0.15, 0.2) is 0 Å². The molecule has 9 heteroatoms. The van der Waals surface area contributed by atoms with Crippen LogP contribution >= 0.6 is 0 Å². The van der Waals surface area contributed by atoms with Gasteiger partial charge in [0.05, 0.1) is 11.7 Å². The number of para-hydroxylation sites is 1. The van der Waals surface area contributed by atoms with Crippen LogP contribution in [-0.2, 0) is 20.3 Å². The molecule has 1 aromatic heterocycles. The highest BCUT2D eigenvalue weighted by Gasteiger charge is 2.29. The summed E-state index contributed by atoms with van der Waals surface area (Å²) in [6.07, 6.45) is 0. The second-order valence-corrected chi connectivity index (χ2v) is 14.1. The molecule has 1 heterocycles. The Hall–Kier alpha value is -4.73. The summed E-state index contributed by atoms with van der Waals surface area (Å²) in [5.41, 5.74) is 5.55. The molecule has 2 atom stereocenters. The smallest absolute Gasteiger partial charge is 0.266 e. The number of furan rings is 1. The Morgan fingerprint density at radius 1 is 0.848 bits per heavy atom. The minimum absolute atomic E-state index is 0.0404. The molecule has 5 aromatic rings. The highest BCUT2D eigenvalue weighted by Crippen LogP contribution is 2.36. The number of nitrogens with one attached hydrogen (secondary N) is 2. The van der Waals surface area contributed by atoms with E-state index in [1.807, 2.05) is 73.7 Å². The summed E-state index contributed by atoms with van der Waals surface area (Å²) < 4.78 is 36.8. The number of hydrogen-bond donors (Lipinski definition) is 3. The molecule has 0 saturated heterocycles. The summed E-state index contributed by atoms with van der Waals surface area (Å²) in [5.74, 6) is -1.24. The van der Waals surface area contributed by atoms with E-state index in [1.54, 1.807) is 24.3 Å². The molecular formula is C37H38N2O6S. The van der Waals surface area contributed by atoms with Gasteiger partial charge in [-0.3, -0.25) is 14.1 Å². The number of hydrogen-bond acceptors (Lipinski definition) is 5. The summed E-state index contributed by atoms with van der Waals surface area (Å²) in [7, 11) is -4.17. The first kappa shape index (κ1) is 32.7. The van der Waals surface area contributed by atoms with Crippen molar-refractivity contribution >= 4 is 38.6 Å². The highest BCUT2D eigenvalue weighted by molar-refractivity contribution is 7.85. The molecule has 238 valence electrons. The van der Waals surface area contributed by atoms with Crippen LogP contribution in [-0.4, -0.2) is 37.1 Å². The second-order valence-electron chi connectivity index (χ2n) is 12.5. The number of carbonyl (C=O) groups is 2. The van der Waals surface area contributed by atoms with E-state index < -0.39 is 27.7 Å².